The summed E-state index contributed by atoms with van der Waals surface area (Å²) in [6, 6.07) is 25.2. The van der Waals surface area contributed by atoms with Crippen LogP contribution in [0.4, 0.5) is 5.69 Å². The zero-order valence-electron chi connectivity index (χ0n) is 21.9. The quantitative estimate of drug-likeness (QED) is 0.146. The molecule has 7 nitrogen and oxygen atoms in total. The number of benzene rings is 3. The molecule has 0 unspecified atom stereocenters. The molecule has 1 aromatic heterocycles. The highest BCUT2D eigenvalue weighted by atomic mass is 32.2. The third-order valence-corrected chi connectivity index (χ3v) is 7.41. The number of thioether (sulfide) groups is 1. The molecule has 2 heterocycles. The molecule has 198 valence electrons. The van der Waals surface area contributed by atoms with Crippen LogP contribution >= 0.6 is 11.8 Å². The molecule has 0 radical (unpaired) electrons. The molecule has 0 spiro atoms. The van der Waals surface area contributed by atoms with Gasteiger partial charge in [0, 0.05) is 49.5 Å². The summed E-state index contributed by atoms with van der Waals surface area (Å²) in [5.74, 6) is -0.423. The molecule has 0 aliphatic carbocycles. The lowest BCUT2D eigenvalue weighted by Gasteiger charge is -2.15. The highest BCUT2D eigenvalue weighted by molar-refractivity contribution is 8.18. The number of para-hydroxylation sites is 2. The molecule has 1 amide bonds. The molecule has 0 saturated carbocycles. The van der Waals surface area contributed by atoms with Crippen molar-refractivity contribution in [2.24, 2.45) is 4.99 Å². The summed E-state index contributed by atoms with van der Waals surface area (Å²) < 4.78 is 12.2. The Kier molecular flexibility index (Phi) is 8.24. The maximum Gasteiger partial charge on any atom is 0.337 e. The van der Waals surface area contributed by atoms with Crippen molar-refractivity contribution in [1.29, 1.82) is 0 Å². The summed E-state index contributed by atoms with van der Waals surface area (Å²) in [5, 5.41) is 1.71. The number of amides is 1. The Bertz CT molecular complexity index is 1560. The van der Waals surface area contributed by atoms with Gasteiger partial charge in [-0.1, -0.05) is 48.5 Å². The summed E-state index contributed by atoms with van der Waals surface area (Å²) in [5.41, 5.74) is 4.28. The standard InChI is InChI=1S/C31H29N3O4S/c1-37-17-9-16-34-29(35)28(39-31(34)32-25-12-4-3-5-13-25)19-24-21-33(27-15-7-6-14-26(24)27)20-22-10-8-11-23(18-22)30(36)38-2/h3-8,10-15,18-19,21H,9,16-17,20H2,1-2H3/b28-19-,32-31?. The number of esters is 1. The predicted octanol–water partition coefficient (Wildman–Crippen LogP) is 6.12. The van der Waals surface area contributed by atoms with Crippen molar-refractivity contribution in [3.05, 3.63) is 107 Å². The molecule has 1 aliphatic heterocycles. The average Bonchev–Trinajstić information content (AvgIpc) is 3.45. The number of hydrogen-bond donors (Lipinski definition) is 0. The van der Waals surface area contributed by atoms with E-state index in [9.17, 15) is 9.59 Å². The second-order valence-electron chi connectivity index (χ2n) is 9.07. The van der Waals surface area contributed by atoms with Crippen molar-refractivity contribution in [2.45, 2.75) is 13.0 Å². The fourth-order valence-electron chi connectivity index (χ4n) is 4.54. The van der Waals surface area contributed by atoms with E-state index >= 15 is 0 Å². The minimum atomic E-state index is -0.362. The van der Waals surface area contributed by atoms with Gasteiger partial charge in [0.05, 0.1) is 23.3 Å². The van der Waals surface area contributed by atoms with Gasteiger partial charge in [0.1, 0.15) is 0 Å². The fourth-order valence-corrected chi connectivity index (χ4v) is 5.56. The van der Waals surface area contributed by atoms with Gasteiger partial charge >= 0.3 is 5.97 Å². The zero-order valence-corrected chi connectivity index (χ0v) is 22.7. The molecule has 39 heavy (non-hydrogen) atoms. The van der Waals surface area contributed by atoms with Gasteiger partial charge in [0.2, 0.25) is 0 Å². The van der Waals surface area contributed by atoms with Crippen molar-refractivity contribution in [1.82, 2.24) is 9.47 Å². The number of rotatable bonds is 9. The van der Waals surface area contributed by atoms with Crippen molar-refractivity contribution < 1.29 is 19.1 Å². The molecule has 1 fully saturated rings. The van der Waals surface area contributed by atoms with Gasteiger partial charge in [0.25, 0.3) is 5.91 Å². The van der Waals surface area contributed by atoms with Crippen LogP contribution in [0.25, 0.3) is 17.0 Å². The second-order valence-corrected chi connectivity index (χ2v) is 10.1. The van der Waals surface area contributed by atoms with Crippen LogP contribution in [-0.2, 0) is 20.8 Å². The first-order valence-electron chi connectivity index (χ1n) is 12.7. The summed E-state index contributed by atoms with van der Waals surface area (Å²) in [6.07, 6.45) is 4.72. The number of carbonyl (C=O) groups excluding carboxylic acids is 2. The van der Waals surface area contributed by atoms with Crippen molar-refractivity contribution in [3.63, 3.8) is 0 Å². The van der Waals surface area contributed by atoms with E-state index in [4.69, 9.17) is 14.5 Å². The summed E-state index contributed by atoms with van der Waals surface area (Å²) in [4.78, 5) is 32.7. The van der Waals surface area contributed by atoms with Gasteiger partial charge in [-0.05, 0) is 60.2 Å². The van der Waals surface area contributed by atoms with Gasteiger partial charge < -0.3 is 14.0 Å². The maximum atomic E-state index is 13.5. The molecule has 0 N–H and O–H groups in total. The highest BCUT2D eigenvalue weighted by Gasteiger charge is 2.33. The molecule has 3 aromatic carbocycles. The molecule has 0 atom stereocenters. The van der Waals surface area contributed by atoms with Crippen LogP contribution in [0.1, 0.15) is 27.9 Å². The molecule has 4 aromatic rings. The first-order valence-corrected chi connectivity index (χ1v) is 13.5. The molecule has 5 rings (SSSR count). The Balaban J connectivity index is 1.49. The van der Waals surface area contributed by atoms with Gasteiger partial charge in [-0.25, -0.2) is 9.79 Å². The summed E-state index contributed by atoms with van der Waals surface area (Å²) in [6.45, 7) is 1.66. The molecular weight excluding hydrogens is 510 g/mol. The third-order valence-electron chi connectivity index (χ3n) is 6.41. The van der Waals surface area contributed by atoms with Gasteiger partial charge in [-0.15, -0.1) is 0 Å². The van der Waals surface area contributed by atoms with E-state index in [-0.39, 0.29) is 11.9 Å². The van der Waals surface area contributed by atoms with Crippen molar-refractivity contribution in [2.75, 3.05) is 27.4 Å². The molecule has 1 saturated heterocycles. The van der Waals surface area contributed by atoms with Gasteiger partial charge in [-0.3, -0.25) is 9.69 Å². The van der Waals surface area contributed by atoms with E-state index in [1.165, 1.54) is 18.9 Å². The number of ether oxygens (including phenoxy) is 2. The minimum Gasteiger partial charge on any atom is -0.465 e. The average molecular weight is 540 g/mol. The molecule has 1 aliphatic rings. The van der Waals surface area contributed by atoms with E-state index in [0.29, 0.717) is 41.8 Å². The van der Waals surface area contributed by atoms with Gasteiger partial charge in [0.15, 0.2) is 5.17 Å². The summed E-state index contributed by atoms with van der Waals surface area (Å²) in [7, 11) is 3.04. The zero-order chi connectivity index (χ0) is 27.2. The lowest BCUT2D eigenvalue weighted by atomic mass is 10.1. The van der Waals surface area contributed by atoms with Crippen LogP contribution in [0, 0.1) is 0 Å². The number of aliphatic imine (C=N–C) groups is 1. The monoisotopic (exact) mass is 539 g/mol. The minimum absolute atomic E-state index is 0.0617. The van der Waals surface area contributed by atoms with Crippen LogP contribution in [0.5, 0.6) is 0 Å². The number of aromatic nitrogens is 1. The predicted molar refractivity (Wildman–Crippen MR) is 156 cm³/mol. The van der Waals surface area contributed by atoms with Crippen LogP contribution in [0.2, 0.25) is 0 Å². The van der Waals surface area contributed by atoms with E-state index in [2.05, 4.69) is 22.9 Å². The van der Waals surface area contributed by atoms with Crippen LogP contribution in [0.15, 0.2) is 95.0 Å². The first-order chi connectivity index (χ1) is 19.1. The Morgan fingerprint density at radius 3 is 2.59 bits per heavy atom. The number of fused-ring (bicyclic) bond motifs is 1. The summed E-state index contributed by atoms with van der Waals surface area (Å²) >= 11 is 1.39. The van der Waals surface area contributed by atoms with E-state index in [0.717, 1.165) is 27.7 Å². The number of carbonyl (C=O) groups is 2. The van der Waals surface area contributed by atoms with E-state index in [1.807, 2.05) is 66.7 Å². The Labute approximate surface area is 231 Å². The normalized spacial score (nSPS) is 15.5. The first kappa shape index (κ1) is 26.5. The lowest BCUT2D eigenvalue weighted by Crippen LogP contribution is -2.30. The smallest absolute Gasteiger partial charge is 0.337 e. The van der Waals surface area contributed by atoms with E-state index < -0.39 is 0 Å². The van der Waals surface area contributed by atoms with Gasteiger partial charge in [-0.2, -0.15) is 0 Å². The van der Waals surface area contributed by atoms with E-state index in [1.54, 1.807) is 18.1 Å². The molecular formula is C31H29N3O4S. The lowest BCUT2D eigenvalue weighted by molar-refractivity contribution is -0.122. The van der Waals surface area contributed by atoms with Crippen LogP contribution in [-0.4, -0.2) is 53.9 Å². The fraction of sp³-hybridized carbons (Fsp3) is 0.194. The third kappa shape index (κ3) is 5.97. The Hall–Kier alpha value is -4.14. The maximum absolute atomic E-state index is 13.5. The molecule has 0 bridgehead atoms. The van der Waals surface area contributed by atoms with Crippen LogP contribution < -0.4 is 0 Å². The Morgan fingerprint density at radius 1 is 1.00 bits per heavy atom. The van der Waals surface area contributed by atoms with Crippen molar-refractivity contribution >= 4 is 51.5 Å². The highest BCUT2D eigenvalue weighted by Crippen LogP contribution is 2.36. The van der Waals surface area contributed by atoms with Crippen molar-refractivity contribution in [3.8, 4) is 0 Å². The number of nitrogens with zero attached hydrogens (tertiary/aromatic N) is 3. The number of methoxy groups -OCH3 is 2. The SMILES string of the molecule is COCCCN1C(=O)/C(=C/c2cn(Cc3cccc(C(=O)OC)c3)c3ccccc23)SC1=Nc1ccccc1. The molecule has 8 heteroatoms. The topological polar surface area (TPSA) is 73.1 Å². The number of amidine groups is 1. The largest absolute Gasteiger partial charge is 0.465 e. The Morgan fingerprint density at radius 2 is 1.79 bits per heavy atom. The number of hydrogen-bond acceptors (Lipinski definition) is 6. The van der Waals surface area contributed by atoms with Crippen LogP contribution in [0.3, 0.4) is 0 Å². The second kappa shape index (κ2) is 12.1.